The standard InChI is InChI=1S/C46H49BN2/c1-43(2,3)26-15-19-36-30(21-26)32-25-33-31-22-27(44(4,5)6)16-20-37(31)49-39-24-29(46(10,11)12)14-18-35(39)47-34-17-13-28(45(7,8)9)23-38(34)48(36)41(32)40(47)42(33)49/h13-25H,1-12H3. The zero-order valence-corrected chi connectivity index (χ0v) is 31.5. The van der Waals surface area contributed by atoms with E-state index in [4.69, 9.17) is 0 Å². The van der Waals surface area contributed by atoms with Crippen molar-refractivity contribution in [2.45, 2.75) is 105 Å². The van der Waals surface area contributed by atoms with E-state index in [-0.39, 0.29) is 28.4 Å². The van der Waals surface area contributed by atoms with Crippen molar-refractivity contribution < 1.29 is 0 Å². The minimum atomic E-state index is 0.0456. The van der Waals surface area contributed by atoms with Gasteiger partial charge in [0.05, 0.1) is 22.1 Å². The third-order valence-electron chi connectivity index (χ3n) is 11.7. The fraction of sp³-hybridized carbons (Fsp3) is 0.348. The second-order valence-corrected chi connectivity index (χ2v) is 19.2. The van der Waals surface area contributed by atoms with E-state index < -0.39 is 0 Å². The van der Waals surface area contributed by atoms with Gasteiger partial charge in [-0.25, -0.2) is 0 Å². The zero-order chi connectivity index (χ0) is 34.7. The first-order chi connectivity index (χ1) is 22.8. The lowest BCUT2D eigenvalue weighted by atomic mass is 9.34. The molecular weight excluding hydrogens is 591 g/mol. The normalized spacial score (nSPS) is 14.5. The Bertz CT molecular complexity index is 2400. The molecule has 2 aromatic heterocycles. The lowest BCUT2D eigenvalue weighted by molar-refractivity contribution is 0.590. The maximum Gasteiger partial charge on any atom is 0.252 e. The maximum atomic E-state index is 2.63. The van der Waals surface area contributed by atoms with E-state index in [9.17, 15) is 0 Å². The molecule has 246 valence electrons. The van der Waals surface area contributed by atoms with Gasteiger partial charge in [-0.3, -0.25) is 0 Å². The largest absolute Gasteiger partial charge is 0.310 e. The number of hydrogen-bond acceptors (Lipinski definition) is 0. The van der Waals surface area contributed by atoms with Gasteiger partial charge in [-0.15, -0.1) is 0 Å². The van der Waals surface area contributed by atoms with Gasteiger partial charge < -0.3 is 9.13 Å². The summed E-state index contributed by atoms with van der Waals surface area (Å²) in [4.78, 5) is 0. The Hall–Kier alpha value is -4.24. The average molecular weight is 641 g/mol. The van der Waals surface area contributed by atoms with Crippen LogP contribution in [0.3, 0.4) is 0 Å². The Labute approximate surface area is 292 Å². The lowest BCUT2D eigenvalue weighted by Crippen LogP contribution is -2.59. The van der Waals surface area contributed by atoms with E-state index in [0.29, 0.717) is 0 Å². The maximum absolute atomic E-state index is 2.63. The van der Waals surface area contributed by atoms with E-state index in [1.165, 1.54) is 93.6 Å². The molecule has 4 heterocycles. The summed E-state index contributed by atoms with van der Waals surface area (Å²) in [5.41, 5.74) is 18.0. The van der Waals surface area contributed by atoms with Gasteiger partial charge in [0.2, 0.25) is 0 Å². The van der Waals surface area contributed by atoms with Gasteiger partial charge >= 0.3 is 0 Å². The van der Waals surface area contributed by atoms with Gasteiger partial charge in [0.15, 0.2) is 0 Å². The van der Waals surface area contributed by atoms with Gasteiger partial charge in [0, 0.05) is 32.9 Å². The molecule has 0 atom stereocenters. The summed E-state index contributed by atoms with van der Waals surface area (Å²) in [5, 5.41) is 5.45. The van der Waals surface area contributed by atoms with Gasteiger partial charge in [-0.2, -0.15) is 0 Å². The number of nitrogens with zero attached hydrogens (tertiary/aromatic N) is 2. The minimum Gasteiger partial charge on any atom is -0.310 e. The van der Waals surface area contributed by atoms with Crippen LogP contribution in [0.4, 0.5) is 0 Å². The van der Waals surface area contributed by atoms with Gasteiger partial charge in [-0.1, -0.05) is 119 Å². The number of rotatable bonds is 0. The molecule has 7 aromatic rings. The number of benzene rings is 5. The van der Waals surface area contributed by atoms with Crippen LogP contribution < -0.4 is 16.4 Å². The van der Waals surface area contributed by atoms with Crippen molar-refractivity contribution in [1.82, 2.24) is 9.13 Å². The molecule has 0 saturated heterocycles. The van der Waals surface area contributed by atoms with Crippen LogP contribution in [0, 0.1) is 0 Å². The highest BCUT2D eigenvalue weighted by atomic mass is 15.0. The summed E-state index contributed by atoms with van der Waals surface area (Å²) in [6.07, 6.45) is 0. The third-order valence-corrected chi connectivity index (χ3v) is 11.7. The first-order valence-corrected chi connectivity index (χ1v) is 18.2. The number of fused-ring (bicyclic) bond motifs is 12. The predicted molar refractivity (Wildman–Crippen MR) is 215 cm³/mol. The second kappa shape index (κ2) is 9.30. The molecule has 0 aliphatic carbocycles. The molecule has 0 radical (unpaired) electrons. The molecule has 0 N–H and O–H groups in total. The van der Waals surface area contributed by atoms with E-state index in [1.54, 1.807) is 0 Å². The van der Waals surface area contributed by atoms with Gasteiger partial charge in [0.25, 0.3) is 6.71 Å². The van der Waals surface area contributed by atoms with Crippen molar-refractivity contribution in [3.05, 3.63) is 101 Å². The fourth-order valence-corrected chi connectivity index (χ4v) is 8.79. The summed E-state index contributed by atoms with van der Waals surface area (Å²) in [6, 6.07) is 31.8. The first-order valence-electron chi connectivity index (χ1n) is 18.2. The second-order valence-electron chi connectivity index (χ2n) is 19.2. The van der Waals surface area contributed by atoms with Crippen LogP contribution >= 0.6 is 0 Å². The van der Waals surface area contributed by atoms with E-state index in [0.717, 1.165) is 0 Å². The highest BCUT2D eigenvalue weighted by Gasteiger charge is 2.42. The molecule has 0 unspecified atom stereocenters. The van der Waals surface area contributed by atoms with Crippen LogP contribution in [-0.2, 0) is 21.7 Å². The van der Waals surface area contributed by atoms with Gasteiger partial charge in [0.1, 0.15) is 0 Å². The Morgan fingerprint density at radius 3 is 1.10 bits per heavy atom. The van der Waals surface area contributed by atoms with E-state index >= 15 is 0 Å². The smallest absolute Gasteiger partial charge is 0.252 e. The Morgan fingerprint density at radius 2 is 0.735 bits per heavy atom. The Morgan fingerprint density at radius 1 is 0.388 bits per heavy atom. The molecule has 0 bridgehead atoms. The molecule has 3 heteroatoms. The van der Waals surface area contributed by atoms with Crippen molar-refractivity contribution in [2.75, 3.05) is 0 Å². The van der Waals surface area contributed by atoms with Crippen LogP contribution in [0.25, 0.3) is 55.0 Å². The van der Waals surface area contributed by atoms with Crippen molar-refractivity contribution in [2.24, 2.45) is 0 Å². The SMILES string of the molecule is CC(C)(C)c1ccc2c(c1)-n1c3ccc(C(C)(C)C)cc3c3cc4c5cc(C(C)(C)C)ccc5n5c4c(c31)B2c1ccc(C(C)(C)C)cc1-5. The number of hydrogen-bond donors (Lipinski definition) is 0. The molecule has 2 aliphatic heterocycles. The molecule has 49 heavy (non-hydrogen) atoms. The quantitative estimate of drug-likeness (QED) is 0.146. The van der Waals surface area contributed by atoms with E-state index in [1.807, 2.05) is 0 Å². The third kappa shape index (κ3) is 4.14. The summed E-state index contributed by atoms with van der Waals surface area (Å²) < 4.78 is 5.26. The Kier molecular flexibility index (Phi) is 5.85. The van der Waals surface area contributed by atoms with Crippen LogP contribution in [0.5, 0.6) is 0 Å². The monoisotopic (exact) mass is 640 g/mol. The molecular formula is C46H49BN2. The van der Waals surface area contributed by atoms with Crippen LogP contribution in [0.2, 0.25) is 0 Å². The van der Waals surface area contributed by atoms with E-state index in [2.05, 4.69) is 171 Å². The molecule has 5 aromatic carbocycles. The fourth-order valence-electron chi connectivity index (χ4n) is 8.79. The summed E-state index contributed by atoms with van der Waals surface area (Å²) in [7, 11) is 0. The Balaban J connectivity index is 1.55. The average Bonchev–Trinajstić information content (AvgIpc) is 3.53. The molecule has 2 aliphatic rings. The molecule has 2 nitrogen and oxygen atoms in total. The summed E-state index contributed by atoms with van der Waals surface area (Å²) in [6.45, 7) is 28.2. The zero-order valence-electron chi connectivity index (χ0n) is 31.5. The molecule has 0 amide bonds. The van der Waals surface area contributed by atoms with Crippen molar-refractivity contribution in [3.63, 3.8) is 0 Å². The summed E-state index contributed by atoms with van der Waals surface area (Å²) in [5.74, 6) is 0. The molecule has 0 saturated carbocycles. The number of aromatic nitrogens is 2. The van der Waals surface area contributed by atoms with Crippen molar-refractivity contribution in [3.8, 4) is 11.4 Å². The highest BCUT2D eigenvalue weighted by Crippen LogP contribution is 2.44. The molecule has 9 rings (SSSR count). The molecule has 0 spiro atoms. The first kappa shape index (κ1) is 30.8. The highest BCUT2D eigenvalue weighted by molar-refractivity contribution is 7.00. The topological polar surface area (TPSA) is 9.86 Å². The van der Waals surface area contributed by atoms with Crippen molar-refractivity contribution >= 4 is 66.7 Å². The minimum absolute atomic E-state index is 0.0456. The van der Waals surface area contributed by atoms with Crippen LogP contribution in [-0.4, -0.2) is 15.8 Å². The van der Waals surface area contributed by atoms with Gasteiger partial charge in [-0.05, 0) is 103 Å². The predicted octanol–water partition coefficient (Wildman–Crippen LogP) is 10.2. The van der Waals surface area contributed by atoms with Crippen LogP contribution in [0.15, 0.2) is 78.9 Å². The lowest BCUT2D eigenvalue weighted by Gasteiger charge is -2.35. The molecule has 0 fully saturated rings. The van der Waals surface area contributed by atoms with Crippen LogP contribution in [0.1, 0.15) is 105 Å². The summed E-state index contributed by atoms with van der Waals surface area (Å²) >= 11 is 0. The van der Waals surface area contributed by atoms with Crippen molar-refractivity contribution in [1.29, 1.82) is 0 Å².